The largest absolute Gasteiger partial charge is 0.461 e. The summed E-state index contributed by atoms with van der Waals surface area (Å²) in [6, 6.07) is 12.4. The topological polar surface area (TPSA) is 98.5 Å². The van der Waals surface area contributed by atoms with Crippen molar-refractivity contribution in [3.63, 3.8) is 0 Å². The van der Waals surface area contributed by atoms with Gasteiger partial charge in [0.1, 0.15) is 5.70 Å². The van der Waals surface area contributed by atoms with E-state index in [-0.39, 0.29) is 18.0 Å². The van der Waals surface area contributed by atoms with Crippen LogP contribution in [0.2, 0.25) is 0 Å². The molecule has 26 heavy (non-hydrogen) atoms. The number of carbonyl (C=O) groups excluding carboxylic acids is 2. The Hall–Kier alpha value is -3.00. The number of nitrogens with zero attached hydrogens (tertiary/aromatic N) is 1. The molecule has 7 nitrogen and oxygen atoms in total. The van der Waals surface area contributed by atoms with Gasteiger partial charge in [-0.05, 0) is 46.6 Å². The average molecular weight is 419 g/mol. The maximum atomic E-state index is 12.5. The predicted molar refractivity (Wildman–Crippen MR) is 99.3 cm³/mol. The number of nitrogens with one attached hydrogen (secondary N) is 1. The molecular weight excluding hydrogens is 404 g/mol. The Kier molecular flexibility index (Phi) is 6.62. The lowest BCUT2D eigenvalue weighted by Gasteiger charge is -2.10. The number of hydrogen-bond donors (Lipinski definition) is 1. The van der Waals surface area contributed by atoms with Gasteiger partial charge in [-0.25, -0.2) is 4.79 Å². The molecule has 0 unspecified atom stereocenters. The number of esters is 1. The van der Waals surface area contributed by atoms with Crippen molar-refractivity contribution in [2.45, 2.75) is 6.92 Å². The second kappa shape index (κ2) is 8.91. The Morgan fingerprint density at radius 1 is 1.23 bits per heavy atom. The quantitative estimate of drug-likeness (QED) is 0.333. The van der Waals surface area contributed by atoms with Gasteiger partial charge in [0.25, 0.3) is 11.6 Å². The second-order valence-electron chi connectivity index (χ2n) is 5.06. The van der Waals surface area contributed by atoms with Crippen LogP contribution in [-0.2, 0) is 9.53 Å². The highest BCUT2D eigenvalue weighted by atomic mass is 79.9. The molecule has 0 bridgehead atoms. The first kappa shape index (κ1) is 19.3. The van der Waals surface area contributed by atoms with E-state index in [4.69, 9.17) is 4.74 Å². The molecule has 0 fully saturated rings. The number of nitro benzene ring substituents is 1. The first-order valence-electron chi connectivity index (χ1n) is 7.61. The minimum absolute atomic E-state index is 0.117. The predicted octanol–water partition coefficient (Wildman–Crippen LogP) is 3.69. The standard InChI is InChI=1S/C18H15BrN2O5/c1-2-26-18(23)16(11-12-6-5-7-13(10-12)21(24)25)20-17(22)14-8-3-4-9-15(14)19/h3-11H,2H2,1H3,(H,20,22). The molecule has 0 aliphatic rings. The van der Waals surface area contributed by atoms with E-state index >= 15 is 0 Å². The van der Waals surface area contributed by atoms with Crippen molar-refractivity contribution < 1.29 is 19.2 Å². The Labute approximate surface area is 157 Å². The van der Waals surface area contributed by atoms with Gasteiger partial charge in [-0.1, -0.05) is 24.3 Å². The Bertz CT molecular complexity index is 879. The third-order valence-electron chi connectivity index (χ3n) is 3.25. The molecule has 0 radical (unpaired) electrons. The first-order chi connectivity index (χ1) is 12.4. The number of hydrogen-bond acceptors (Lipinski definition) is 5. The number of halogens is 1. The van der Waals surface area contributed by atoms with Gasteiger partial charge < -0.3 is 10.1 Å². The fourth-order valence-corrected chi connectivity index (χ4v) is 2.55. The lowest BCUT2D eigenvalue weighted by Crippen LogP contribution is -2.28. The van der Waals surface area contributed by atoms with E-state index in [2.05, 4.69) is 21.2 Å². The Morgan fingerprint density at radius 2 is 1.96 bits per heavy atom. The molecule has 0 saturated carbocycles. The van der Waals surface area contributed by atoms with Crippen molar-refractivity contribution in [2.24, 2.45) is 0 Å². The average Bonchev–Trinajstić information content (AvgIpc) is 2.62. The smallest absolute Gasteiger partial charge is 0.354 e. The highest BCUT2D eigenvalue weighted by Gasteiger charge is 2.17. The van der Waals surface area contributed by atoms with E-state index in [1.54, 1.807) is 37.3 Å². The molecule has 0 aromatic heterocycles. The van der Waals surface area contributed by atoms with Gasteiger partial charge >= 0.3 is 5.97 Å². The SMILES string of the molecule is CCOC(=O)C(=Cc1cccc([N+](=O)[O-])c1)NC(=O)c1ccccc1Br. The zero-order valence-electron chi connectivity index (χ0n) is 13.8. The number of nitro groups is 1. The van der Waals surface area contributed by atoms with E-state index in [0.717, 1.165) is 0 Å². The van der Waals surface area contributed by atoms with Crippen LogP contribution in [0, 0.1) is 10.1 Å². The fourth-order valence-electron chi connectivity index (χ4n) is 2.08. The molecule has 0 atom stereocenters. The number of ether oxygens (including phenoxy) is 1. The van der Waals surface area contributed by atoms with Crippen molar-refractivity contribution in [3.8, 4) is 0 Å². The number of rotatable bonds is 6. The summed E-state index contributed by atoms with van der Waals surface area (Å²) in [5.41, 5.74) is 0.476. The molecular formula is C18H15BrN2O5. The van der Waals surface area contributed by atoms with Crippen molar-refractivity contribution in [1.29, 1.82) is 0 Å². The highest BCUT2D eigenvalue weighted by molar-refractivity contribution is 9.10. The van der Waals surface area contributed by atoms with E-state index in [1.807, 2.05) is 0 Å². The van der Waals surface area contributed by atoms with Crippen LogP contribution in [0.15, 0.2) is 58.7 Å². The summed E-state index contributed by atoms with van der Waals surface area (Å²) in [4.78, 5) is 35.0. The van der Waals surface area contributed by atoms with Crippen LogP contribution in [-0.4, -0.2) is 23.4 Å². The number of amides is 1. The zero-order chi connectivity index (χ0) is 19.1. The third kappa shape index (κ3) is 5.00. The molecule has 0 heterocycles. The van der Waals surface area contributed by atoms with Crippen LogP contribution >= 0.6 is 15.9 Å². The summed E-state index contributed by atoms with van der Waals surface area (Å²) in [6.07, 6.45) is 1.33. The van der Waals surface area contributed by atoms with Crippen molar-refractivity contribution in [2.75, 3.05) is 6.61 Å². The summed E-state index contributed by atoms with van der Waals surface area (Å²) in [7, 11) is 0. The molecule has 0 aliphatic carbocycles. The molecule has 0 spiro atoms. The van der Waals surface area contributed by atoms with Crippen molar-refractivity contribution in [1.82, 2.24) is 5.32 Å². The normalized spacial score (nSPS) is 10.9. The number of carbonyl (C=O) groups is 2. The number of non-ortho nitro benzene ring substituents is 1. The molecule has 8 heteroatoms. The van der Waals surface area contributed by atoms with Gasteiger partial charge in [-0.15, -0.1) is 0 Å². The van der Waals surface area contributed by atoms with Crippen LogP contribution in [0.3, 0.4) is 0 Å². The van der Waals surface area contributed by atoms with Gasteiger partial charge in [-0.3, -0.25) is 14.9 Å². The zero-order valence-corrected chi connectivity index (χ0v) is 15.4. The molecule has 0 aliphatic heterocycles. The highest BCUT2D eigenvalue weighted by Crippen LogP contribution is 2.18. The van der Waals surface area contributed by atoms with E-state index in [0.29, 0.717) is 15.6 Å². The van der Waals surface area contributed by atoms with E-state index < -0.39 is 16.8 Å². The third-order valence-corrected chi connectivity index (χ3v) is 3.95. The van der Waals surface area contributed by atoms with Gasteiger partial charge in [0.05, 0.1) is 17.1 Å². The maximum Gasteiger partial charge on any atom is 0.354 e. The molecule has 2 aromatic rings. The van der Waals surface area contributed by atoms with Gasteiger partial charge in [-0.2, -0.15) is 0 Å². The van der Waals surface area contributed by atoms with Crippen LogP contribution in [0.5, 0.6) is 0 Å². The summed E-state index contributed by atoms with van der Waals surface area (Å²) >= 11 is 3.28. The summed E-state index contributed by atoms with van der Waals surface area (Å²) in [5.74, 6) is -1.25. The first-order valence-corrected chi connectivity index (χ1v) is 8.40. The van der Waals surface area contributed by atoms with E-state index in [9.17, 15) is 19.7 Å². The molecule has 2 rings (SSSR count). The Morgan fingerprint density at radius 3 is 2.62 bits per heavy atom. The maximum absolute atomic E-state index is 12.5. The fraction of sp³-hybridized carbons (Fsp3) is 0.111. The monoisotopic (exact) mass is 418 g/mol. The van der Waals surface area contributed by atoms with E-state index in [1.165, 1.54) is 24.3 Å². The molecule has 0 saturated heterocycles. The minimum Gasteiger partial charge on any atom is -0.461 e. The Balaban J connectivity index is 2.36. The molecule has 134 valence electrons. The minimum atomic E-state index is -0.737. The van der Waals surface area contributed by atoms with Crippen molar-refractivity contribution in [3.05, 3.63) is 79.9 Å². The van der Waals surface area contributed by atoms with Crippen LogP contribution < -0.4 is 5.32 Å². The lowest BCUT2D eigenvalue weighted by atomic mass is 10.1. The van der Waals surface area contributed by atoms with Gasteiger partial charge in [0.2, 0.25) is 0 Å². The summed E-state index contributed by atoms with van der Waals surface area (Å²) < 4.78 is 5.52. The second-order valence-corrected chi connectivity index (χ2v) is 5.92. The molecule has 1 N–H and O–H groups in total. The molecule has 2 aromatic carbocycles. The number of benzene rings is 2. The van der Waals surface area contributed by atoms with Gasteiger partial charge in [0, 0.05) is 16.6 Å². The molecule has 1 amide bonds. The summed E-state index contributed by atoms with van der Waals surface area (Å²) in [6.45, 7) is 1.76. The van der Waals surface area contributed by atoms with Crippen molar-refractivity contribution >= 4 is 39.6 Å². The van der Waals surface area contributed by atoms with Crippen LogP contribution in [0.1, 0.15) is 22.8 Å². The van der Waals surface area contributed by atoms with Crippen LogP contribution in [0.25, 0.3) is 6.08 Å². The summed E-state index contributed by atoms with van der Waals surface area (Å²) in [5, 5.41) is 13.4. The van der Waals surface area contributed by atoms with Gasteiger partial charge in [0.15, 0.2) is 0 Å². The van der Waals surface area contributed by atoms with Crippen LogP contribution in [0.4, 0.5) is 5.69 Å². The lowest BCUT2D eigenvalue weighted by molar-refractivity contribution is -0.384.